The van der Waals surface area contributed by atoms with E-state index in [1.807, 2.05) is 48.5 Å². The summed E-state index contributed by atoms with van der Waals surface area (Å²) < 4.78 is 16.6. The third-order valence-corrected chi connectivity index (χ3v) is 4.90. The second-order valence-electron chi connectivity index (χ2n) is 6.97. The molecule has 0 aliphatic carbocycles. The molecule has 0 aliphatic heterocycles. The van der Waals surface area contributed by atoms with E-state index in [0.29, 0.717) is 23.6 Å². The van der Waals surface area contributed by atoms with Gasteiger partial charge in [-0.15, -0.1) is 0 Å². The standard InChI is InChI=1S/C26H23NO4/c1-29-25-14-11-21(26(28)27-17-24-8-5-15-30-24)16-22(25)18-31-23-12-9-20(10-13-23)19-6-3-2-4-7-19/h2-16H,17-18H2,1H3,(H,27,28). The summed E-state index contributed by atoms with van der Waals surface area (Å²) in [6.45, 7) is 0.616. The van der Waals surface area contributed by atoms with Crippen molar-refractivity contribution in [1.29, 1.82) is 0 Å². The largest absolute Gasteiger partial charge is 0.496 e. The van der Waals surface area contributed by atoms with Gasteiger partial charge in [0, 0.05) is 11.1 Å². The fraction of sp³-hybridized carbons (Fsp3) is 0.115. The van der Waals surface area contributed by atoms with Gasteiger partial charge in [-0.2, -0.15) is 0 Å². The van der Waals surface area contributed by atoms with E-state index >= 15 is 0 Å². The molecule has 0 bridgehead atoms. The Morgan fingerprint density at radius 3 is 2.39 bits per heavy atom. The highest BCUT2D eigenvalue weighted by atomic mass is 16.5. The molecule has 4 aromatic rings. The van der Waals surface area contributed by atoms with Crippen molar-refractivity contribution in [2.24, 2.45) is 0 Å². The number of carbonyl (C=O) groups is 1. The second kappa shape index (κ2) is 9.67. The zero-order chi connectivity index (χ0) is 21.5. The molecule has 31 heavy (non-hydrogen) atoms. The molecular weight excluding hydrogens is 390 g/mol. The van der Waals surface area contributed by atoms with Crippen molar-refractivity contribution in [3.8, 4) is 22.6 Å². The third kappa shape index (κ3) is 5.14. The Morgan fingerprint density at radius 2 is 1.68 bits per heavy atom. The SMILES string of the molecule is COc1ccc(C(=O)NCc2ccco2)cc1COc1ccc(-c2ccccc2)cc1. The summed E-state index contributed by atoms with van der Waals surface area (Å²) >= 11 is 0. The van der Waals surface area contributed by atoms with Crippen LogP contribution in [0.4, 0.5) is 0 Å². The van der Waals surface area contributed by atoms with Crippen molar-refractivity contribution < 1.29 is 18.7 Å². The van der Waals surface area contributed by atoms with E-state index in [9.17, 15) is 4.79 Å². The zero-order valence-electron chi connectivity index (χ0n) is 17.2. The average molecular weight is 413 g/mol. The quantitative estimate of drug-likeness (QED) is 0.416. The summed E-state index contributed by atoms with van der Waals surface area (Å²) in [5, 5.41) is 2.85. The van der Waals surface area contributed by atoms with Crippen molar-refractivity contribution in [3.63, 3.8) is 0 Å². The number of rotatable bonds is 8. The predicted molar refractivity (Wildman–Crippen MR) is 119 cm³/mol. The maximum absolute atomic E-state index is 12.5. The highest BCUT2D eigenvalue weighted by Crippen LogP contribution is 2.25. The minimum atomic E-state index is -0.187. The van der Waals surface area contributed by atoms with Crippen LogP contribution in [0, 0.1) is 0 Å². The molecule has 3 aromatic carbocycles. The molecule has 0 radical (unpaired) electrons. The van der Waals surface area contributed by atoms with E-state index in [-0.39, 0.29) is 12.5 Å². The third-order valence-electron chi connectivity index (χ3n) is 4.90. The molecular formula is C26H23NO4. The van der Waals surface area contributed by atoms with Crippen molar-refractivity contribution in [2.75, 3.05) is 7.11 Å². The van der Waals surface area contributed by atoms with Crippen LogP contribution in [0.5, 0.6) is 11.5 Å². The summed E-state index contributed by atoms with van der Waals surface area (Å²) in [4.78, 5) is 12.5. The topological polar surface area (TPSA) is 60.7 Å². The fourth-order valence-electron chi connectivity index (χ4n) is 3.25. The Hall–Kier alpha value is -3.99. The Morgan fingerprint density at radius 1 is 0.903 bits per heavy atom. The van der Waals surface area contributed by atoms with E-state index < -0.39 is 0 Å². The van der Waals surface area contributed by atoms with E-state index in [1.165, 1.54) is 0 Å². The molecule has 5 nitrogen and oxygen atoms in total. The molecule has 0 aliphatic rings. The molecule has 156 valence electrons. The molecule has 0 fully saturated rings. The molecule has 0 spiro atoms. The predicted octanol–water partition coefficient (Wildman–Crippen LogP) is 5.46. The molecule has 5 heteroatoms. The monoisotopic (exact) mass is 413 g/mol. The maximum atomic E-state index is 12.5. The highest BCUT2D eigenvalue weighted by molar-refractivity contribution is 5.94. The van der Waals surface area contributed by atoms with E-state index in [4.69, 9.17) is 13.9 Å². The Kier molecular flexibility index (Phi) is 6.33. The molecule has 0 unspecified atom stereocenters. The van der Waals surface area contributed by atoms with Crippen molar-refractivity contribution >= 4 is 5.91 Å². The smallest absolute Gasteiger partial charge is 0.251 e. The lowest BCUT2D eigenvalue weighted by Crippen LogP contribution is -2.22. The lowest BCUT2D eigenvalue weighted by Gasteiger charge is -2.13. The summed E-state index contributed by atoms with van der Waals surface area (Å²) in [6.07, 6.45) is 1.58. The van der Waals surface area contributed by atoms with Gasteiger partial charge in [0.2, 0.25) is 0 Å². The number of amides is 1. The molecule has 0 saturated heterocycles. The maximum Gasteiger partial charge on any atom is 0.251 e. The number of hydrogen-bond donors (Lipinski definition) is 1. The van der Waals surface area contributed by atoms with E-state index in [0.717, 1.165) is 22.4 Å². The van der Waals surface area contributed by atoms with Gasteiger partial charge in [0.25, 0.3) is 5.91 Å². The number of nitrogens with one attached hydrogen (secondary N) is 1. The van der Waals surface area contributed by atoms with Crippen LogP contribution in [-0.4, -0.2) is 13.0 Å². The van der Waals surface area contributed by atoms with Crippen LogP contribution in [0.2, 0.25) is 0 Å². The minimum Gasteiger partial charge on any atom is -0.496 e. The fourth-order valence-corrected chi connectivity index (χ4v) is 3.25. The minimum absolute atomic E-state index is 0.187. The van der Waals surface area contributed by atoms with Gasteiger partial charge in [0.05, 0.1) is 19.9 Å². The van der Waals surface area contributed by atoms with E-state index in [2.05, 4.69) is 17.4 Å². The van der Waals surface area contributed by atoms with Crippen LogP contribution in [0.15, 0.2) is 95.6 Å². The van der Waals surface area contributed by atoms with Gasteiger partial charge in [-0.3, -0.25) is 4.79 Å². The van der Waals surface area contributed by atoms with Crippen LogP contribution in [0.3, 0.4) is 0 Å². The summed E-state index contributed by atoms with van der Waals surface area (Å²) in [7, 11) is 1.60. The van der Waals surface area contributed by atoms with Crippen molar-refractivity contribution in [2.45, 2.75) is 13.2 Å². The first kappa shape index (κ1) is 20.3. The molecule has 4 rings (SSSR count). The van der Waals surface area contributed by atoms with Crippen molar-refractivity contribution in [1.82, 2.24) is 5.32 Å². The Labute approximate surface area is 181 Å². The summed E-state index contributed by atoms with van der Waals surface area (Å²) in [5.74, 6) is 1.93. The number of benzene rings is 3. The summed E-state index contributed by atoms with van der Waals surface area (Å²) in [5.41, 5.74) is 3.61. The lowest BCUT2D eigenvalue weighted by molar-refractivity contribution is 0.0948. The molecule has 1 heterocycles. The van der Waals surface area contributed by atoms with Gasteiger partial charge < -0.3 is 19.2 Å². The number of hydrogen-bond acceptors (Lipinski definition) is 4. The van der Waals surface area contributed by atoms with Crippen molar-refractivity contribution in [3.05, 3.63) is 108 Å². The number of carbonyl (C=O) groups excluding carboxylic acids is 1. The average Bonchev–Trinajstić information content (AvgIpc) is 3.35. The van der Waals surface area contributed by atoms with Gasteiger partial charge in [0.1, 0.15) is 23.9 Å². The van der Waals surface area contributed by atoms with Gasteiger partial charge in [-0.25, -0.2) is 0 Å². The molecule has 1 amide bonds. The first-order valence-electron chi connectivity index (χ1n) is 9.99. The van der Waals surface area contributed by atoms with Crippen LogP contribution >= 0.6 is 0 Å². The lowest BCUT2D eigenvalue weighted by atomic mass is 10.1. The summed E-state index contributed by atoms with van der Waals surface area (Å²) in [6, 6.07) is 27.0. The van der Waals surface area contributed by atoms with Crippen LogP contribution < -0.4 is 14.8 Å². The second-order valence-corrected chi connectivity index (χ2v) is 6.97. The number of furan rings is 1. The van der Waals surface area contributed by atoms with Crippen LogP contribution in [0.25, 0.3) is 11.1 Å². The van der Waals surface area contributed by atoms with Gasteiger partial charge in [-0.1, -0.05) is 42.5 Å². The van der Waals surface area contributed by atoms with Crippen LogP contribution in [0.1, 0.15) is 21.7 Å². The van der Waals surface area contributed by atoms with Gasteiger partial charge >= 0.3 is 0 Å². The molecule has 0 atom stereocenters. The normalized spacial score (nSPS) is 10.5. The number of methoxy groups -OCH3 is 1. The van der Waals surface area contributed by atoms with Gasteiger partial charge in [0.15, 0.2) is 0 Å². The zero-order valence-corrected chi connectivity index (χ0v) is 17.2. The number of ether oxygens (including phenoxy) is 2. The van der Waals surface area contributed by atoms with E-state index in [1.54, 1.807) is 37.6 Å². The molecule has 1 aromatic heterocycles. The van der Waals surface area contributed by atoms with Crippen LogP contribution in [-0.2, 0) is 13.2 Å². The first-order valence-corrected chi connectivity index (χ1v) is 9.99. The molecule has 1 N–H and O–H groups in total. The Balaban J connectivity index is 1.42. The first-order chi connectivity index (χ1) is 15.2. The Bertz CT molecular complexity index is 1120. The highest BCUT2D eigenvalue weighted by Gasteiger charge is 2.11. The molecule has 0 saturated carbocycles. The van der Waals surface area contributed by atoms with Gasteiger partial charge in [-0.05, 0) is 53.6 Å².